The smallest absolute Gasteiger partial charge is 0.382 e. The molecule has 21 heteroatoms. The van der Waals surface area contributed by atoms with E-state index in [9.17, 15) is 0 Å². The summed E-state index contributed by atoms with van der Waals surface area (Å²) in [6, 6.07) is 0. The molecule has 0 rings (SSSR count). The zero-order valence-electron chi connectivity index (χ0n) is 34.7. The van der Waals surface area contributed by atoms with Crippen molar-refractivity contribution in [3.63, 3.8) is 0 Å². The summed E-state index contributed by atoms with van der Waals surface area (Å²) in [5.41, 5.74) is 27.4. The molecule has 0 saturated carbocycles. The number of rotatable bonds is 34. The molecule has 0 fully saturated rings. The van der Waals surface area contributed by atoms with Crippen molar-refractivity contribution < 1.29 is 86.4 Å². The normalized spacial score (nSPS) is 13.2. The van der Waals surface area contributed by atoms with Gasteiger partial charge in [0, 0.05) is 54.1 Å². The van der Waals surface area contributed by atoms with Gasteiger partial charge in [-0.05, 0) is 24.8 Å². The second-order valence-electron chi connectivity index (χ2n) is 10.8. The first kappa shape index (κ1) is 70.0. The van der Waals surface area contributed by atoms with Gasteiger partial charge in [0.15, 0.2) is 0 Å². The number of hydrogen-bond acceptors (Lipinski definition) is 14. The summed E-state index contributed by atoms with van der Waals surface area (Å²) in [4.78, 5) is 4.22. The Morgan fingerprint density at radius 3 is 1.12 bits per heavy atom. The zero-order chi connectivity index (χ0) is 40.8. The molecular weight excluding hydrogens is 769 g/mol. The van der Waals surface area contributed by atoms with Crippen LogP contribution in [-0.2, 0) is 56.8 Å². The molecule has 0 aromatic heterocycles. The average Bonchev–Trinajstić information content (AvgIpc) is 3.17. The predicted molar refractivity (Wildman–Crippen MR) is 218 cm³/mol. The molecule has 0 aromatic carbocycles. The Balaban J connectivity index is -0.000000121. The van der Waals surface area contributed by atoms with E-state index in [4.69, 9.17) is 90.8 Å². The minimum Gasteiger partial charge on any atom is -0.382 e. The van der Waals surface area contributed by atoms with Crippen LogP contribution in [0.4, 0.5) is 0 Å². The Labute approximate surface area is 366 Å². The van der Waals surface area contributed by atoms with Crippen LogP contribution >= 0.6 is 11.6 Å². The van der Waals surface area contributed by atoms with Gasteiger partial charge in [-0.15, -0.1) is 11.6 Å². The molecule has 0 aromatic rings. The third-order valence-corrected chi connectivity index (χ3v) is 6.91. The molecule has 334 valence electrons. The van der Waals surface area contributed by atoms with Gasteiger partial charge in [-0.25, -0.2) is 0 Å². The van der Waals surface area contributed by atoms with Crippen LogP contribution in [-0.4, -0.2) is 178 Å². The van der Waals surface area contributed by atoms with E-state index in [0.717, 1.165) is 19.3 Å². The fourth-order valence-electron chi connectivity index (χ4n) is 3.75. The van der Waals surface area contributed by atoms with E-state index >= 15 is 0 Å². The van der Waals surface area contributed by atoms with Crippen molar-refractivity contribution in [2.45, 2.75) is 91.5 Å². The molecule has 0 aliphatic heterocycles. The number of nitrogens with zero attached hydrogens (tertiary/aromatic N) is 6. The maximum absolute atomic E-state index is 8.30. The van der Waals surface area contributed by atoms with Crippen molar-refractivity contribution in [2.75, 3.05) is 141 Å². The van der Waals surface area contributed by atoms with Crippen LogP contribution in [0.1, 0.15) is 54.9 Å². The summed E-state index contributed by atoms with van der Waals surface area (Å²) in [7, 11) is 9.80. The van der Waals surface area contributed by atoms with Crippen molar-refractivity contribution in [2.24, 2.45) is 10.8 Å². The van der Waals surface area contributed by atoms with E-state index in [1.165, 1.54) is 4.91 Å². The Bertz CT molecular complexity index is 769. The molecule has 0 aliphatic rings. The van der Waals surface area contributed by atoms with Crippen LogP contribution in [0, 0.1) is 0 Å². The van der Waals surface area contributed by atoms with Gasteiger partial charge in [0.05, 0.1) is 128 Å². The van der Waals surface area contributed by atoms with Crippen molar-refractivity contribution in [3.05, 3.63) is 26.4 Å². The minimum atomic E-state index is -0.234. The number of methoxy groups -OCH3 is 6. The summed E-state index contributed by atoms with van der Waals surface area (Å²) in [6.45, 7) is 13.4. The number of alkyl halides is 1. The molecule has 0 bridgehead atoms. The predicted octanol–water partition coefficient (Wildman–Crippen LogP) is 3.03. The molecule has 0 spiro atoms. The Morgan fingerprint density at radius 1 is 0.518 bits per heavy atom. The van der Waals surface area contributed by atoms with Gasteiger partial charge in [-0.2, -0.15) is 0 Å². The minimum absolute atomic E-state index is 0. The van der Waals surface area contributed by atoms with E-state index in [1.807, 2.05) is 6.92 Å². The Morgan fingerprint density at radius 2 is 0.839 bits per heavy atom. The fourth-order valence-corrected chi connectivity index (χ4v) is 3.91. The second kappa shape index (κ2) is 61.1. The van der Waals surface area contributed by atoms with Crippen molar-refractivity contribution in [1.29, 1.82) is 0 Å². The van der Waals surface area contributed by atoms with E-state index in [-0.39, 0.29) is 87.6 Å². The van der Waals surface area contributed by atoms with Gasteiger partial charge in [-0.1, -0.05) is 40.7 Å². The van der Waals surface area contributed by atoms with Gasteiger partial charge in [-0.3, -0.25) is 4.91 Å². The number of ether oxygens (including phenoxy) is 12. The second-order valence-corrected chi connectivity index (χ2v) is 11.1. The van der Waals surface area contributed by atoms with E-state index in [0.29, 0.717) is 91.7 Å². The topological polar surface area (TPSA) is 244 Å². The molecule has 6 unspecified atom stereocenters. The first-order valence-electron chi connectivity index (χ1n) is 17.6. The first-order chi connectivity index (χ1) is 25.7. The van der Waals surface area contributed by atoms with Crippen LogP contribution in [0.25, 0.3) is 26.4 Å². The van der Waals surface area contributed by atoms with Crippen molar-refractivity contribution in [3.8, 4) is 0 Å². The van der Waals surface area contributed by atoms with Gasteiger partial charge >= 0.3 is 29.6 Å². The summed E-state index contributed by atoms with van der Waals surface area (Å²) in [6.07, 6.45) is 2.36. The number of azide groups is 1. The molecule has 0 saturated heterocycles. The maximum atomic E-state index is 8.30. The van der Waals surface area contributed by atoms with Crippen LogP contribution in [0.2, 0.25) is 0 Å². The molecule has 6 atom stereocenters. The molecule has 0 radical (unpaired) electrons. The molecule has 0 heterocycles. The van der Waals surface area contributed by atoms with Gasteiger partial charge in [0.25, 0.3) is 0 Å². The Hall–Kier alpha value is -0.610. The van der Waals surface area contributed by atoms with Crippen LogP contribution in [0.15, 0.2) is 5.11 Å². The van der Waals surface area contributed by atoms with E-state index < -0.39 is 0 Å². The summed E-state index contributed by atoms with van der Waals surface area (Å²) in [5.74, 6) is 0.433. The standard InChI is InChI=1S/C11H23ClO4.C11H23N3O4.C11H25NO4.2CH4.N3.Na/c1-4-10(9-15-6-5-13-2)16-11(7-12)8-14-3;1-4-10(9-17-6-5-15-2)18-11(8-16-3)7-13-14-12;1-4-10(9-15-6-5-13-2)16-11(7-12)8-14-3;;;1-3-2;/h10-11H,4-9H2,1-3H3;10-11H,4-9H2,1-3H3;10-11H,4-9,12H2,1-3H3;2*1H4;;/q;;;;;-1;+1. The quantitative estimate of drug-likeness (QED) is 0.0245. The van der Waals surface area contributed by atoms with Gasteiger partial charge < -0.3 is 73.6 Å². The zero-order valence-corrected chi connectivity index (χ0v) is 37.5. The van der Waals surface area contributed by atoms with E-state index in [2.05, 4.69) is 23.9 Å². The Kier molecular flexibility index (Phi) is 76.3. The molecular formula is C35H79ClN7NaO12. The van der Waals surface area contributed by atoms with Crippen LogP contribution in [0.5, 0.6) is 0 Å². The first-order valence-corrected chi connectivity index (χ1v) is 18.2. The summed E-state index contributed by atoms with van der Waals surface area (Å²) < 4.78 is 63.2. The monoisotopic (exact) mass is 848 g/mol. The third-order valence-electron chi connectivity index (χ3n) is 6.57. The fraction of sp³-hybridized carbons (Fsp3) is 1.00. The molecule has 56 heavy (non-hydrogen) atoms. The van der Waals surface area contributed by atoms with Gasteiger partial charge in [0.2, 0.25) is 0 Å². The number of nitrogens with two attached hydrogens (primary N) is 1. The average molecular weight is 848 g/mol. The van der Waals surface area contributed by atoms with Crippen LogP contribution < -0.4 is 35.3 Å². The molecule has 0 aliphatic carbocycles. The van der Waals surface area contributed by atoms with Gasteiger partial charge in [0.1, 0.15) is 0 Å². The molecule has 0 amide bonds. The SMILES string of the molecule is C.C.CCC(COCCOC)OC(CCl)COC.CCC(COCCOC)OC(CN)COC.CCC(COCCOC)OC(CN=[N+]=[N-])COC.[N-]=[N+]=[N-].[Na+]. The van der Waals surface area contributed by atoms with Crippen molar-refractivity contribution >= 4 is 11.6 Å². The van der Waals surface area contributed by atoms with Crippen molar-refractivity contribution in [1.82, 2.24) is 0 Å². The third kappa shape index (κ3) is 53.4. The van der Waals surface area contributed by atoms with Crippen LogP contribution in [0.3, 0.4) is 0 Å². The summed E-state index contributed by atoms with van der Waals surface area (Å²) in [5, 5.41) is 3.50. The van der Waals surface area contributed by atoms with E-state index in [1.54, 1.807) is 42.7 Å². The largest absolute Gasteiger partial charge is 1.00 e. The maximum Gasteiger partial charge on any atom is 1.00 e. The molecule has 2 N–H and O–H groups in total. The molecule has 19 nitrogen and oxygen atoms in total. The number of hydrogen-bond donors (Lipinski definition) is 1. The number of halogens is 1. The summed E-state index contributed by atoms with van der Waals surface area (Å²) >= 11 is 5.77.